The van der Waals surface area contributed by atoms with Crippen LogP contribution in [0.1, 0.15) is 12.5 Å². The third-order valence-corrected chi connectivity index (χ3v) is 4.01. The van der Waals surface area contributed by atoms with Gasteiger partial charge in [-0.25, -0.2) is 4.98 Å². The van der Waals surface area contributed by atoms with Gasteiger partial charge in [0.15, 0.2) is 0 Å². The first-order valence-electron chi connectivity index (χ1n) is 7.37. The van der Waals surface area contributed by atoms with Gasteiger partial charge in [-0.15, -0.1) is 0 Å². The van der Waals surface area contributed by atoms with E-state index >= 15 is 0 Å². The molecule has 3 rings (SSSR count). The van der Waals surface area contributed by atoms with E-state index in [0.29, 0.717) is 19.7 Å². The fourth-order valence-corrected chi connectivity index (χ4v) is 2.89. The SMILES string of the molecule is C[C@H]1OCCN(Cc2ccc(-n3ccnc3)cc2)[C@@H]1C(N)=O. The van der Waals surface area contributed by atoms with Crippen LogP contribution in [0, 0.1) is 0 Å². The van der Waals surface area contributed by atoms with Gasteiger partial charge in [-0.05, 0) is 24.6 Å². The molecule has 1 aromatic carbocycles. The number of primary amides is 1. The molecule has 0 radical (unpaired) electrons. The Labute approximate surface area is 129 Å². The lowest BCUT2D eigenvalue weighted by molar-refractivity contribution is -0.136. The summed E-state index contributed by atoms with van der Waals surface area (Å²) in [7, 11) is 0. The molecular formula is C16H20N4O2. The second-order valence-corrected chi connectivity index (χ2v) is 5.53. The van der Waals surface area contributed by atoms with Crippen LogP contribution >= 0.6 is 0 Å². The Morgan fingerprint density at radius 2 is 2.18 bits per heavy atom. The maximum absolute atomic E-state index is 11.7. The highest BCUT2D eigenvalue weighted by Crippen LogP contribution is 2.18. The van der Waals surface area contributed by atoms with Crippen molar-refractivity contribution in [1.29, 1.82) is 0 Å². The molecule has 0 saturated carbocycles. The van der Waals surface area contributed by atoms with Crippen LogP contribution in [0.25, 0.3) is 5.69 Å². The highest BCUT2D eigenvalue weighted by molar-refractivity contribution is 5.80. The number of aromatic nitrogens is 2. The minimum atomic E-state index is -0.373. The zero-order valence-corrected chi connectivity index (χ0v) is 12.6. The van der Waals surface area contributed by atoms with Crippen molar-refractivity contribution in [3.63, 3.8) is 0 Å². The zero-order chi connectivity index (χ0) is 15.5. The maximum atomic E-state index is 11.7. The topological polar surface area (TPSA) is 73.4 Å². The van der Waals surface area contributed by atoms with Crippen LogP contribution in [0.2, 0.25) is 0 Å². The molecule has 2 heterocycles. The lowest BCUT2D eigenvalue weighted by Crippen LogP contribution is -2.56. The van der Waals surface area contributed by atoms with E-state index in [4.69, 9.17) is 10.5 Å². The monoisotopic (exact) mass is 300 g/mol. The maximum Gasteiger partial charge on any atom is 0.237 e. The van der Waals surface area contributed by atoms with Gasteiger partial charge in [0.25, 0.3) is 0 Å². The van der Waals surface area contributed by atoms with Crippen molar-refractivity contribution in [2.75, 3.05) is 13.2 Å². The Hall–Kier alpha value is -2.18. The third-order valence-electron chi connectivity index (χ3n) is 4.01. The van der Waals surface area contributed by atoms with Crippen LogP contribution in [0.15, 0.2) is 43.0 Å². The highest BCUT2D eigenvalue weighted by atomic mass is 16.5. The first-order valence-corrected chi connectivity index (χ1v) is 7.37. The first kappa shape index (κ1) is 14.7. The summed E-state index contributed by atoms with van der Waals surface area (Å²) in [5.41, 5.74) is 7.72. The molecule has 6 nitrogen and oxygen atoms in total. The smallest absolute Gasteiger partial charge is 0.237 e. The molecule has 6 heteroatoms. The van der Waals surface area contributed by atoms with E-state index in [1.54, 1.807) is 12.5 Å². The van der Waals surface area contributed by atoms with E-state index in [1.807, 2.05) is 29.8 Å². The number of carbonyl (C=O) groups excluding carboxylic acids is 1. The van der Waals surface area contributed by atoms with E-state index in [-0.39, 0.29) is 18.1 Å². The number of amides is 1. The number of nitrogens with zero attached hydrogens (tertiary/aromatic N) is 3. The molecule has 1 amide bonds. The van der Waals surface area contributed by atoms with Gasteiger partial charge in [0.1, 0.15) is 6.04 Å². The number of carbonyl (C=O) groups is 1. The largest absolute Gasteiger partial charge is 0.375 e. The predicted octanol–water partition coefficient (Wildman–Crippen LogP) is 0.947. The molecule has 2 atom stereocenters. The van der Waals surface area contributed by atoms with Crippen molar-refractivity contribution in [3.05, 3.63) is 48.5 Å². The van der Waals surface area contributed by atoms with Crippen molar-refractivity contribution >= 4 is 5.91 Å². The summed E-state index contributed by atoms with van der Waals surface area (Å²) in [5, 5.41) is 0. The first-order chi connectivity index (χ1) is 10.6. The van der Waals surface area contributed by atoms with Gasteiger partial charge in [0, 0.05) is 31.2 Å². The molecule has 0 aliphatic carbocycles. The lowest BCUT2D eigenvalue weighted by atomic mass is 10.1. The van der Waals surface area contributed by atoms with Crippen molar-refractivity contribution in [2.45, 2.75) is 25.6 Å². The molecule has 0 spiro atoms. The fraction of sp³-hybridized carbons (Fsp3) is 0.375. The molecule has 116 valence electrons. The second kappa shape index (κ2) is 6.29. The normalized spacial score (nSPS) is 22.6. The number of imidazole rings is 1. The van der Waals surface area contributed by atoms with Crippen LogP contribution in [0.3, 0.4) is 0 Å². The standard InChI is InChI=1S/C16H20N4O2/c1-12-15(16(17)21)19(8-9-22-12)10-13-2-4-14(5-3-13)20-7-6-18-11-20/h2-7,11-12,15H,8-10H2,1H3,(H2,17,21)/t12-,15+/m1/s1. The van der Waals surface area contributed by atoms with Gasteiger partial charge in [-0.2, -0.15) is 0 Å². The Morgan fingerprint density at radius 1 is 1.41 bits per heavy atom. The van der Waals surface area contributed by atoms with E-state index in [2.05, 4.69) is 22.0 Å². The summed E-state index contributed by atoms with van der Waals surface area (Å²) < 4.78 is 7.49. The predicted molar refractivity (Wildman–Crippen MR) is 82.4 cm³/mol. The number of hydrogen-bond acceptors (Lipinski definition) is 4. The van der Waals surface area contributed by atoms with Crippen molar-refractivity contribution < 1.29 is 9.53 Å². The van der Waals surface area contributed by atoms with E-state index in [1.165, 1.54) is 0 Å². The highest BCUT2D eigenvalue weighted by Gasteiger charge is 2.33. The average Bonchev–Trinajstić information content (AvgIpc) is 3.02. The van der Waals surface area contributed by atoms with E-state index in [0.717, 1.165) is 11.3 Å². The molecule has 1 aliphatic heterocycles. The molecular weight excluding hydrogens is 280 g/mol. The molecule has 1 aliphatic rings. The quantitative estimate of drug-likeness (QED) is 0.912. The Bertz CT molecular complexity index is 624. The van der Waals surface area contributed by atoms with Gasteiger partial charge in [0.2, 0.25) is 5.91 Å². The Kier molecular flexibility index (Phi) is 4.22. The third kappa shape index (κ3) is 3.03. The number of ether oxygens (including phenoxy) is 1. The summed E-state index contributed by atoms with van der Waals surface area (Å²) in [6, 6.07) is 7.84. The van der Waals surface area contributed by atoms with E-state index < -0.39 is 0 Å². The van der Waals surface area contributed by atoms with Crippen LogP contribution in [0.4, 0.5) is 0 Å². The summed E-state index contributed by atoms with van der Waals surface area (Å²) >= 11 is 0. The molecule has 1 fully saturated rings. The second-order valence-electron chi connectivity index (χ2n) is 5.53. The number of hydrogen-bond donors (Lipinski definition) is 1. The lowest BCUT2D eigenvalue weighted by Gasteiger charge is -2.37. The van der Waals surface area contributed by atoms with Crippen molar-refractivity contribution in [3.8, 4) is 5.69 Å². The average molecular weight is 300 g/mol. The van der Waals surface area contributed by atoms with Crippen LogP contribution in [0.5, 0.6) is 0 Å². The molecule has 1 saturated heterocycles. The summed E-state index contributed by atoms with van der Waals surface area (Å²) in [4.78, 5) is 17.8. The minimum Gasteiger partial charge on any atom is -0.375 e. The Balaban J connectivity index is 1.73. The van der Waals surface area contributed by atoms with Crippen molar-refractivity contribution in [1.82, 2.24) is 14.5 Å². The summed E-state index contributed by atoms with van der Waals surface area (Å²) in [6.07, 6.45) is 5.25. The number of morpholine rings is 1. The molecule has 0 unspecified atom stereocenters. The number of rotatable bonds is 4. The molecule has 2 N–H and O–H groups in total. The summed E-state index contributed by atoms with van der Waals surface area (Å²) in [5.74, 6) is -0.331. The van der Waals surface area contributed by atoms with Crippen LogP contribution in [-0.4, -0.2) is 45.7 Å². The number of benzene rings is 1. The fourth-order valence-electron chi connectivity index (χ4n) is 2.89. The van der Waals surface area contributed by atoms with Crippen molar-refractivity contribution in [2.24, 2.45) is 5.73 Å². The molecule has 22 heavy (non-hydrogen) atoms. The zero-order valence-electron chi connectivity index (χ0n) is 12.6. The van der Waals surface area contributed by atoms with Gasteiger partial charge in [-0.1, -0.05) is 12.1 Å². The molecule has 0 bridgehead atoms. The van der Waals surface area contributed by atoms with Gasteiger partial charge in [-0.3, -0.25) is 9.69 Å². The van der Waals surface area contributed by atoms with Gasteiger partial charge in [0.05, 0.1) is 19.0 Å². The molecule has 1 aromatic heterocycles. The summed E-state index contributed by atoms with van der Waals surface area (Å²) in [6.45, 7) is 3.91. The van der Waals surface area contributed by atoms with Crippen LogP contribution < -0.4 is 5.73 Å². The van der Waals surface area contributed by atoms with Gasteiger partial charge < -0.3 is 15.0 Å². The number of nitrogens with two attached hydrogens (primary N) is 1. The minimum absolute atomic E-state index is 0.170. The Morgan fingerprint density at radius 3 is 2.82 bits per heavy atom. The van der Waals surface area contributed by atoms with Gasteiger partial charge >= 0.3 is 0 Å². The van der Waals surface area contributed by atoms with Crippen LogP contribution in [-0.2, 0) is 16.1 Å². The van der Waals surface area contributed by atoms with E-state index in [9.17, 15) is 4.79 Å². The molecule has 2 aromatic rings.